The van der Waals surface area contributed by atoms with Gasteiger partial charge in [-0.2, -0.15) is 13.2 Å². The summed E-state index contributed by atoms with van der Waals surface area (Å²) in [6, 6.07) is 9.08. The van der Waals surface area contributed by atoms with Crippen LogP contribution in [0.4, 0.5) is 13.2 Å². The number of carbonyl (C=O) groups is 3. The number of hydrogen-bond donors (Lipinski definition) is 0. The minimum Gasteiger partial charge on any atom is -0.454 e. The van der Waals surface area contributed by atoms with E-state index in [1.165, 1.54) is 17.5 Å². The Hall–Kier alpha value is -2.38. The number of esters is 2. The van der Waals surface area contributed by atoms with Gasteiger partial charge < -0.3 is 9.47 Å². The highest BCUT2D eigenvalue weighted by molar-refractivity contribution is 5.88. The Kier molecular flexibility index (Phi) is 32.4. The lowest BCUT2D eigenvalue weighted by Gasteiger charge is -2.24. The fourth-order valence-corrected chi connectivity index (χ4v) is 3.42. The molecule has 2 rings (SSSR count). The Morgan fingerprint density at radius 3 is 1.50 bits per heavy atom. The van der Waals surface area contributed by atoms with Crippen LogP contribution in [-0.4, -0.2) is 36.1 Å². The zero-order valence-corrected chi connectivity index (χ0v) is 28.0. The van der Waals surface area contributed by atoms with Gasteiger partial charge in [-0.25, -0.2) is 0 Å². The molecule has 0 aromatic heterocycles. The molecule has 1 aliphatic carbocycles. The molecule has 0 N–H and O–H groups in total. The monoisotopic (exact) mass is 697 g/mol. The van der Waals surface area contributed by atoms with Crippen molar-refractivity contribution in [3.05, 3.63) is 35.4 Å². The van der Waals surface area contributed by atoms with Crippen molar-refractivity contribution < 1.29 is 37.0 Å². The van der Waals surface area contributed by atoms with Crippen LogP contribution in [0.2, 0.25) is 0 Å². The summed E-state index contributed by atoms with van der Waals surface area (Å²) < 4.78 is 45.6. The Morgan fingerprint density at radius 1 is 0.771 bits per heavy atom. The van der Waals surface area contributed by atoms with Gasteiger partial charge in [0.1, 0.15) is 0 Å². The Balaban J connectivity index is -0.0000000989. The third-order valence-corrected chi connectivity index (χ3v) is 8.07. The molecule has 1 fully saturated rings. The maximum absolute atomic E-state index is 12.0. The van der Waals surface area contributed by atoms with E-state index in [1.54, 1.807) is 20.8 Å². The van der Waals surface area contributed by atoms with E-state index in [0.29, 0.717) is 25.2 Å². The summed E-state index contributed by atoms with van der Waals surface area (Å²) in [5.41, 5.74) is 1.82. The van der Waals surface area contributed by atoms with Gasteiger partial charge in [-0.1, -0.05) is 117 Å². The zero-order valence-electron chi connectivity index (χ0n) is 28.0. The molecule has 1 saturated carbocycles. The minimum absolute atomic E-state index is 0. The van der Waals surface area contributed by atoms with Crippen LogP contribution in [0, 0.1) is 10.8 Å². The second-order valence-electron chi connectivity index (χ2n) is 13.5. The van der Waals surface area contributed by atoms with E-state index >= 15 is 0 Å². The molecule has 0 spiro atoms. The van der Waals surface area contributed by atoms with Crippen molar-refractivity contribution >= 4 is 17.7 Å². The van der Waals surface area contributed by atoms with Gasteiger partial charge in [0.05, 0.1) is 10.8 Å². The smallest absolute Gasteiger partial charge is 0.425 e. The van der Waals surface area contributed by atoms with Gasteiger partial charge in [0, 0.05) is 6.42 Å². The quantitative estimate of drug-likeness (QED) is 0.253. The van der Waals surface area contributed by atoms with Crippen LogP contribution in [-0.2, 0) is 29.3 Å². The van der Waals surface area contributed by atoms with Gasteiger partial charge in [-0.15, -0.1) is 0 Å². The molecular weight excluding hydrogens is 617 g/mol. The summed E-state index contributed by atoms with van der Waals surface area (Å²) >= 11 is 0. The first-order valence-corrected chi connectivity index (χ1v) is 15.1. The molecule has 48 heavy (non-hydrogen) atoms. The predicted molar refractivity (Wildman–Crippen MR) is 203 cm³/mol. The lowest BCUT2D eigenvalue weighted by atomic mass is 9.85. The molecule has 0 saturated heterocycles. The molecule has 3 atom stereocenters. The van der Waals surface area contributed by atoms with Crippen molar-refractivity contribution in [2.24, 2.45) is 10.8 Å². The number of carbonyl (C=O) groups excluding carboxylic acids is 3. The number of alkyl halides is 3. The molecule has 0 radical (unpaired) electrons. The summed E-state index contributed by atoms with van der Waals surface area (Å²) in [6.45, 7) is 22.6. The molecule has 3 unspecified atom stereocenters. The predicted octanol–water partition coefficient (Wildman–Crippen LogP) is 13.3. The van der Waals surface area contributed by atoms with Crippen LogP contribution in [0.25, 0.3) is 0 Å². The Morgan fingerprint density at radius 2 is 1.19 bits per heavy atom. The maximum atomic E-state index is 12.0. The molecule has 0 amide bonds. The van der Waals surface area contributed by atoms with E-state index in [0.717, 1.165) is 19.8 Å². The van der Waals surface area contributed by atoms with Crippen LogP contribution in [0.3, 0.4) is 0 Å². The summed E-state index contributed by atoms with van der Waals surface area (Å²) in [7, 11) is 0. The van der Waals surface area contributed by atoms with Crippen molar-refractivity contribution in [3.8, 4) is 0 Å². The summed E-state index contributed by atoms with van der Waals surface area (Å²) in [6.07, 6.45) is -2.50. The van der Waals surface area contributed by atoms with Crippen molar-refractivity contribution in [1.82, 2.24) is 0 Å². The second-order valence-corrected chi connectivity index (χ2v) is 13.5. The normalized spacial score (nSPS) is 15.1. The average Bonchev–Trinajstić information content (AvgIpc) is 3.31. The van der Waals surface area contributed by atoms with E-state index in [1.807, 2.05) is 20.8 Å². The minimum atomic E-state index is -4.49. The number of ether oxygens (including phenoxy) is 2. The average molecular weight is 697 g/mol. The summed E-state index contributed by atoms with van der Waals surface area (Å²) in [4.78, 5) is 34.1. The molecule has 5 nitrogen and oxygen atoms in total. The highest BCUT2D eigenvalue weighted by Gasteiger charge is 2.41. The molecule has 1 aromatic carbocycles. The van der Waals surface area contributed by atoms with Crippen molar-refractivity contribution in [3.63, 3.8) is 0 Å². The van der Waals surface area contributed by atoms with Gasteiger partial charge in [0.25, 0.3) is 0 Å². The molecule has 8 heteroatoms. The molecule has 0 aliphatic heterocycles. The fraction of sp³-hybridized carbons (Fsp3) is 0.775. The Labute approximate surface area is 296 Å². The molecule has 1 aromatic rings. The van der Waals surface area contributed by atoms with Gasteiger partial charge in [-0.05, 0) is 89.2 Å². The maximum Gasteiger partial charge on any atom is 0.425 e. The third-order valence-electron chi connectivity index (χ3n) is 8.07. The number of ketones is 1. The standard InChI is InChI=1S/C14H22.C11H18O3.C9H15F3O2.6CH4/c1-6-11(2)12-7-9-13(10-8-12)14(3,4)5;1-4-11(2,3)10(13)14-9-7-5-6-8(9)12;1-5-8(3,4)7(13)14-6(2)9(10,11)12;;;;;;/h7-11H,6H2,1-5H3;9H,4-7H2,1-3H3;6H,5H2,1-4H3;6*1H4. The highest BCUT2D eigenvalue weighted by Crippen LogP contribution is 2.28. The second kappa shape index (κ2) is 25.6. The first kappa shape index (κ1) is 60.9. The topological polar surface area (TPSA) is 69.7 Å². The highest BCUT2D eigenvalue weighted by atomic mass is 19.4. The molecule has 1 aliphatic rings. The van der Waals surface area contributed by atoms with Crippen LogP contribution < -0.4 is 0 Å². The van der Waals surface area contributed by atoms with Gasteiger partial charge in [0.15, 0.2) is 18.0 Å². The molecular formula is C40H79F3O5. The van der Waals surface area contributed by atoms with E-state index < -0.39 is 35.2 Å². The molecule has 0 bridgehead atoms. The van der Waals surface area contributed by atoms with Crippen molar-refractivity contribution in [2.75, 3.05) is 0 Å². The fourth-order valence-electron chi connectivity index (χ4n) is 3.42. The van der Waals surface area contributed by atoms with Crippen LogP contribution in [0.1, 0.15) is 183 Å². The molecule has 290 valence electrons. The van der Waals surface area contributed by atoms with Crippen molar-refractivity contribution in [1.29, 1.82) is 0 Å². The lowest BCUT2D eigenvalue weighted by molar-refractivity contribution is -0.221. The van der Waals surface area contributed by atoms with Crippen molar-refractivity contribution in [2.45, 2.75) is 196 Å². The number of hydrogen-bond acceptors (Lipinski definition) is 5. The van der Waals surface area contributed by atoms with E-state index in [-0.39, 0.29) is 61.7 Å². The van der Waals surface area contributed by atoms with Gasteiger partial charge in [0.2, 0.25) is 0 Å². The number of Topliss-reactive ketones (excluding diaryl/α,β-unsaturated/α-hetero) is 1. The SMILES string of the molecule is C.C.C.C.C.C.CCC(C)(C)C(=O)OC(C)C(F)(F)F.CCC(C)(C)C(=O)OC1CCCC1=O.CCC(C)c1ccc(C(C)(C)C)cc1. The van der Waals surface area contributed by atoms with E-state index in [9.17, 15) is 27.6 Å². The van der Waals surface area contributed by atoms with E-state index in [2.05, 4.69) is 63.6 Å². The number of halogens is 3. The van der Waals surface area contributed by atoms with E-state index in [4.69, 9.17) is 4.74 Å². The number of rotatable bonds is 8. The summed E-state index contributed by atoms with van der Waals surface area (Å²) in [5, 5.41) is 0. The van der Waals surface area contributed by atoms with Gasteiger partial charge in [-0.3, -0.25) is 14.4 Å². The summed E-state index contributed by atoms with van der Waals surface area (Å²) in [5.74, 6) is -0.306. The van der Waals surface area contributed by atoms with Crippen LogP contribution in [0.5, 0.6) is 0 Å². The first-order valence-electron chi connectivity index (χ1n) is 15.1. The first-order chi connectivity index (χ1) is 19.0. The van der Waals surface area contributed by atoms with Gasteiger partial charge >= 0.3 is 18.1 Å². The Bertz CT molecular complexity index is 990. The number of benzene rings is 1. The zero-order chi connectivity index (χ0) is 33.1. The lowest BCUT2D eigenvalue weighted by Crippen LogP contribution is -2.36. The molecule has 0 heterocycles. The van der Waals surface area contributed by atoms with Crippen LogP contribution >= 0.6 is 0 Å². The third kappa shape index (κ3) is 20.9. The van der Waals surface area contributed by atoms with Crippen LogP contribution in [0.15, 0.2) is 24.3 Å². The largest absolute Gasteiger partial charge is 0.454 e.